The van der Waals surface area contributed by atoms with E-state index in [0.29, 0.717) is 24.7 Å². The maximum absolute atomic E-state index is 12.1. The average Bonchev–Trinajstić information content (AvgIpc) is 2.57. The van der Waals surface area contributed by atoms with Gasteiger partial charge in [0, 0.05) is 31.3 Å². The lowest BCUT2D eigenvalue weighted by Crippen LogP contribution is -2.30. The molecule has 0 saturated carbocycles. The van der Waals surface area contributed by atoms with Crippen LogP contribution in [-0.2, 0) is 11.3 Å². The van der Waals surface area contributed by atoms with Gasteiger partial charge in [-0.15, -0.1) is 0 Å². The highest BCUT2D eigenvalue weighted by atomic mass is 16.2. The largest absolute Gasteiger partial charge is 0.383 e. The zero-order valence-corrected chi connectivity index (χ0v) is 11.6. The number of nitrogens with two attached hydrogens (primary N) is 1. The number of nitrogens with zero attached hydrogens (tertiary/aromatic N) is 2. The first-order valence-corrected chi connectivity index (χ1v) is 7.17. The molecule has 104 valence electrons. The molecule has 1 atom stereocenters. The van der Waals surface area contributed by atoms with Crippen molar-refractivity contribution in [2.24, 2.45) is 5.92 Å². The second-order valence-electron chi connectivity index (χ2n) is 5.35. The summed E-state index contributed by atoms with van der Waals surface area (Å²) < 4.78 is 0. The van der Waals surface area contributed by atoms with Crippen molar-refractivity contribution in [2.45, 2.75) is 45.6 Å². The predicted octanol–water partition coefficient (Wildman–Crippen LogP) is 2.59. The van der Waals surface area contributed by atoms with E-state index in [1.165, 1.54) is 12.8 Å². The molecular weight excluding hydrogens is 238 g/mol. The fourth-order valence-corrected chi connectivity index (χ4v) is 2.75. The highest BCUT2D eigenvalue weighted by Crippen LogP contribution is 2.24. The number of hydrogen-bond donors (Lipinski definition) is 1. The number of amides is 1. The first-order valence-electron chi connectivity index (χ1n) is 7.17. The molecule has 1 amide bonds. The van der Waals surface area contributed by atoms with Crippen LogP contribution in [0.3, 0.4) is 0 Å². The van der Waals surface area contributed by atoms with Crippen molar-refractivity contribution in [3.63, 3.8) is 0 Å². The Balaban J connectivity index is 2.00. The average molecular weight is 261 g/mol. The third-order valence-corrected chi connectivity index (χ3v) is 3.91. The lowest BCUT2D eigenvalue weighted by atomic mass is 9.96. The molecule has 2 rings (SSSR count). The number of carbonyl (C=O) groups excluding carboxylic acids is 1. The number of pyridine rings is 1. The second kappa shape index (κ2) is 6.55. The molecule has 1 unspecified atom stereocenters. The molecule has 1 aromatic heterocycles. The van der Waals surface area contributed by atoms with Gasteiger partial charge >= 0.3 is 0 Å². The monoisotopic (exact) mass is 261 g/mol. The van der Waals surface area contributed by atoms with Crippen LogP contribution in [0.5, 0.6) is 0 Å². The highest BCUT2D eigenvalue weighted by molar-refractivity contribution is 5.76. The van der Waals surface area contributed by atoms with Crippen molar-refractivity contribution >= 4 is 11.7 Å². The molecule has 1 saturated heterocycles. The van der Waals surface area contributed by atoms with E-state index >= 15 is 0 Å². The molecule has 0 aliphatic carbocycles. The Morgan fingerprint density at radius 2 is 2.32 bits per heavy atom. The van der Waals surface area contributed by atoms with E-state index in [9.17, 15) is 4.79 Å². The zero-order valence-electron chi connectivity index (χ0n) is 11.6. The van der Waals surface area contributed by atoms with Crippen LogP contribution in [-0.4, -0.2) is 22.3 Å². The van der Waals surface area contributed by atoms with E-state index in [0.717, 1.165) is 24.9 Å². The quantitative estimate of drug-likeness (QED) is 0.906. The first-order chi connectivity index (χ1) is 9.20. The molecule has 0 spiro atoms. The fourth-order valence-electron chi connectivity index (χ4n) is 2.75. The third kappa shape index (κ3) is 3.69. The SMILES string of the molecule is CCCC1CCC(=O)N(Cc2cccnc2N)CC1. The fraction of sp³-hybridized carbons (Fsp3) is 0.600. The standard InChI is InChI=1S/C15H23N3O/c1-2-4-12-6-7-14(19)18(10-8-12)11-13-5-3-9-17-15(13)16/h3,5,9,12H,2,4,6-8,10-11H2,1H3,(H2,16,17). The smallest absolute Gasteiger partial charge is 0.222 e. The van der Waals surface area contributed by atoms with E-state index in [-0.39, 0.29) is 5.91 Å². The summed E-state index contributed by atoms with van der Waals surface area (Å²) >= 11 is 0. The molecule has 2 heterocycles. The highest BCUT2D eigenvalue weighted by Gasteiger charge is 2.22. The lowest BCUT2D eigenvalue weighted by molar-refractivity contribution is -0.131. The van der Waals surface area contributed by atoms with Gasteiger partial charge in [-0.3, -0.25) is 4.79 Å². The van der Waals surface area contributed by atoms with Crippen molar-refractivity contribution < 1.29 is 4.79 Å². The van der Waals surface area contributed by atoms with Crippen LogP contribution in [0.1, 0.15) is 44.6 Å². The Bertz CT molecular complexity index is 433. The Kier molecular flexibility index (Phi) is 4.77. The third-order valence-electron chi connectivity index (χ3n) is 3.91. The summed E-state index contributed by atoms with van der Waals surface area (Å²) in [6.45, 7) is 3.65. The topological polar surface area (TPSA) is 59.2 Å². The van der Waals surface area contributed by atoms with E-state index in [1.807, 2.05) is 17.0 Å². The van der Waals surface area contributed by atoms with Gasteiger partial charge in [0.05, 0.1) is 0 Å². The van der Waals surface area contributed by atoms with Crippen LogP contribution in [0, 0.1) is 5.92 Å². The van der Waals surface area contributed by atoms with E-state index in [2.05, 4.69) is 11.9 Å². The van der Waals surface area contributed by atoms with Gasteiger partial charge in [-0.1, -0.05) is 25.8 Å². The Hall–Kier alpha value is -1.58. The van der Waals surface area contributed by atoms with Gasteiger partial charge in [-0.2, -0.15) is 0 Å². The van der Waals surface area contributed by atoms with Crippen LogP contribution in [0.4, 0.5) is 5.82 Å². The van der Waals surface area contributed by atoms with Crippen LogP contribution in [0.25, 0.3) is 0 Å². The summed E-state index contributed by atoms with van der Waals surface area (Å²) in [5.41, 5.74) is 6.80. The second-order valence-corrected chi connectivity index (χ2v) is 5.35. The lowest BCUT2D eigenvalue weighted by Gasteiger charge is -2.21. The molecular formula is C15H23N3O. The molecule has 1 aliphatic rings. The van der Waals surface area contributed by atoms with Crippen molar-refractivity contribution in [1.29, 1.82) is 0 Å². The summed E-state index contributed by atoms with van der Waals surface area (Å²) in [6, 6.07) is 3.82. The van der Waals surface area contributed by atoms with Crippen LogP contribution < -0.4 is 5.73 Å². The Morgan fingerprint density at radius 1 is 1.47 bits per heavy atom. The van der Waals surface area contributed by atoms with Crippen molar-refractivity contribution in [3.05, 3.63) is 23.9 Å². The molecule has 1 fully saturated rings. The van der Waals surface area contributed by atoms with Crippen LogP contribution in [0.15, 0.2) is 18.3 Å². The number of rotatable bonds is 4. The maximum atomic E-state index is 12.1. The molecule has 4 nitrogen and oxygen atoms in total. The Morgan fingerprint density at radius 3 is 3.05 bits per heavy atom. The van der Waals surface area contributed by atoms with E-state index in [1.54, 1.807) is 6.20 Å². The number of hydrogen-bond acceptors (Lipinski definition) is 3. The molecule has 0 bridgehead atoms. The Labute approximate surface area is 115 Å². The zero-order chi connectivity index (χ0) is 13.7. The maximum Gasteiger partial charge on any atom is 0.222 e. The van der Waals surface area contributed by atoms with Gasteiger partial charge in [0.25, 0.3) is 0 Å². The molecule has 2 N–H and O–H groups in total. The normalized spacial score (nSPS) is 20.4. The minimum atomic E-state index is 0.252. The molecule has 1 aliphatic heterocycles. The molecule has 19 heavy (non-hydrogen) atoms. The molecule has 0 aromatic carbocycles. The van der Waals surface area contributed by atoms with Crippen LogP contribution >= 0.6 is 0 Å². The summed E-state index contributed by atoms with van der Waals surface area (Å²) in [4.78, 5) is 18.2. The van der Waals surface area contributed by atoms with Crippen LogP contribution in [0.2, 0.25) is 0 Å². The van der Waals surface area contributed by atoms with Crippen molar-refractivity contribution in [2.75, 3.05) is 12.3 Å². The van der Waals surface area contributed by atoms with E-state index in [4.69, 9.17) is 5.73 Å². The van der Waals surface area contributed by atoms with Gasteiger partial charge in [-0.25, -0.2) is 4.98 Å². The number of aromatic nitrogens is 1. The number of likely N-dealkylation sites (tertiary alicyclic amines) is 1. The predicted molar refractivity (Wildman–Crippen MR) is 76.3 cm³/mol. The number of carbonyl (C=O) groups is 1. The van der Waals surface area contributed by atoms with Gasteiger partial charge in [0.1, 0.15) is 5.82 Å². The summed E-state index contributed by atoms with van der Waals surface area (Å²) in [6.07, 6.45) is 6.93. The van der Waals surface area contributed by atoms with Gasteiger partial charge in [-0.05, 0) is 24.8 Å². The summed E-state index contributed by atoms with van der Waals surface area (Å²) in [5, 5.41) is 0. The van der Waals surface area contributed by atoms with E-state index < -0.39 is 0 Å². The molecule has 1 aromatic rings. The van der Waals surface area contributed by atoms with Gasteiger partial charge in [0.2, 0.25) is 5.91 Å². The molecule has 0 radical (unpaired) electrons. The number of anilines is 1. The summed E-state index contributed by atoms with van der Waals surface area (Å²) in [7, 11) is 0. The minimum Gasteiger partial charge on any atom is -0.383 e. The number of nitrogen functional groups attached to an aromatic ring is 1. The van der Waals surface area contributed by atoms with Gasteiger partial charge < -0.3 is 10.6 Å². The minimum absolute atomic E-state index is 0.252. The van der Waals surface area contributed by atoms with Gasteiger partial charge in [0.15, 0.2) is 0 Å². The summed E-state index contributed by atoms with van der Waals surface area (Å²) in [5.74, 6) is 1.48. The molecule has 4 heteroatoms. The first kappa shape index (κ1) is 13.8. The van der Waals surface area contributed by atoms with Crippen molar-refractivity contribution in [1.82, 2.24) is 9.88 Å². The van der Waals surface area contributed by atoms with Crippen molar-refractivity contribution in [3.8, 4) is 0 Å².